The number of carbonyl (C=O) groups excluding carboxylic acids is 1. The third kappa shape index (κ3) is 3.82. The Hall–Kier alpha value is -2.82. The maximum Gasteiger partial charge on any atom is 0.253 e. The van der Waals surface area contributed by atoms with Gasteiger partial charge in [0.25, 0.3) is 5.91 Å². The van der Waals surface area contributed by atoms with Crippen molar-refractivity contribution in [1.29, 1.82) is 0 Å². The molecule has 1 N–H and O–H groups in total. The van der Waals surface area contributed by atoms with Gasteiger partial charge in [0.1, 0.15) is 23.9 Å². The average Bonchev–Trinajstić information content (AvgIpc) is 3.24. The first-order chi connectivity index (χ1) is 13.1. The number of aromatic hydroxyl groups is 1. The second-order valence-electron chi connectivity index (χ2n) is 6.33. The summed E-state index contributed by atoms with van der Waals surface area (Å²) in [6, 6.07) is 10.9. The minimum absolute atomic E-state index is 0.0502. The van der Waals surface area contributed by atoms with Crippen molar-refractivity contribution in [3.8, 4) is 11.5 Å². The smallest absolute Gasteiger partial charge is 0.253 e. The number of rotatable bonds is 2. The van der Waals surface area contributed by atoms with E-state index in [1.165, 1.54) is 12.1 Å². The fourth-order valence-corrected chi connectivity index (χ4v) is 3.45. The Balaban J connectivity index is 0.00000102. The molecule has 0 saturated carbocycles. The Bertz CT molecular complexity index is 852. The lowest BCUT2D eigenvalue weighted by molar-refractivity contribution is -0.126. The molecule has 0 radical (unpaired) electrons. The number of hydrogen-bond acceptors (Lipinski definition) is 3. The number of fused-ring (bicyclic) bond motifs is 1. The molecule has 2 aromatic carbocycles. The van der Waals surface area contributed by atoms with Crippen molar-refractivity contribution in [2.24, 2.45) is 0 Å². The van der Waals surface area contributed by atoms with Gasteiger partial charge in [0.2, 0.25) is 0 Å². The predicted molar refractivity (Wildman–Crippen MR) is 103 cm³/mol. The van der Waals surface area contributed by atoms with E-state index in [4.69, 9.17) is 4.74 Å². The van der Waals surface area contributed by atoms with Gasteiger partial charge >= 0.3 is 0 Å². The number of carbonyl (C=O) groups is 1. The summed E-state index contributed by atoms with van der Waals surface area (Å²) in [5.41, 5.74) is 2.64. The number of amides is 1. The Morgan fingerprint density at radius 2 is 1.74 bits per heavy atom. The highest BCUT2D eigenvalue weighted by molar-refractivity contribution is 6.06. The summed E-state index contributed by atoms with van der Waals surface area (Å²) in [5.74, 6) is 0.317. The predicted octanol–water partition coefficient (Wildman–Crippen LogP) is 4.37. The van der Waals surface area contributed by atoms with Crippen molar-refractivity contribution >= 4 is 11.5 Å². The highest BCUT2D eigenvalue weighted by Gasteiger charge is 2.30. The normalized spacial score (nSPS) is 15.6. The first-order valence-electron chi connectivity index (χ1n) is 9.38. The van der Waals surface area contributed by atoms with Crippen LogP contribution in [0.2, 0.25) is 0 Å². The number of likely N-dealkylation sites (tertiary alicyclic amines) is 1. The van der Waals surface area contributed by atoms with E-state index in [0.29, 0.717) is 22.5 Å². The van der Waals surface area contributed by atoms with Crippen molar-refractivity contribution in [3.63, 3.8) is 0 Å². The van der Waals surface area contributed by atoms with E-state index in [9.17, 15) is 14.3 Å². The highest BCUT2D eigenvalue weighted by atomic mass is 19.1. The molecule has 5 heteroatoms. The first-order valence-corrected chi connectivity index (χ1v) is 9.38. The summed E-state index contributed by atoms with van der Waals surface area (Å²) in [6.07, 6.45) is 2.01. The van der Waals surface area contributed by atoms with E-state index in [0.717, 1.165) is 31.5 Å². The second kappa shape index (κ2) is 8.25. The summed E-state index contributed by atoms with van der Waals surface area (Å²) < 4.78 is 19.1. The fraction of sp³-hybridized carbons (Fsp3) is 0.318. The minimum atomic E-state index is -0.333. The van der Waals surface area contributed by atoms with E-state index in [1.54, 1.807) is 30.3 Å². The summed E-state index contributed by atoms with van der Waals surface area (Å²) in [4.78, 5) is 14.8. The summed E-state index contributed by atoms with van der Waals surface area (Å²) >= 11 is 0. The standard InChI is InChI=1S/C20H18FNO3.C2H6/c21-14-5-3-13(4-6-14)19-16-11-15(23)7-8-18(16)25-12-17(19)20(24)22-9-1-2-10-22;1-2/h3-8,11,23H,1-2,9-10,12H2;1-2H3. The van der Waals surface area contributed by atoms with Gasteiger partial charge in [-0.25, -0.2) is 4.39 Å². The summed E-state index contributed by atoms with van der Waals surface area (Å²) in [6.45, 7) is 5.65. The molecule has 1 fully saturated rings. The number of ether oxygens (including phenoxy) is 1. The molecule has 2 aromatic rings. The van der Waals surface area contributed by atoms with Crippen LogP contribution in [0.5, 0.6) is 11.5 Å². The van der Waals surface area contributed by atoms with Crippen molar-refractivity contribution in [3.05, 3.63) is 65.0 Å². The van der Waals surface area contributed by atoms with Gasteiger partial charge < -0.3 is 14.7 Å². The highest BCUT2D eigenvalue weighted by Crippen LogP contribution is 2.40. The van der Waals surface area contributed by atoms with Crippen LogP contribution >= 0.6 is 0 Å². The molecule has 0 aliphatic carbocycles. The van der Waals surface area contributed by atoms with E-state index >= 15 is 0 Å². The molecule has 4 nitrogen and oxygen atoms in total. The zero-order chi connectivity index (χ0) is 19.4. The summed E-state index contributed by atoms with van der Waals surface area (Å²) in [5, 5.41) is 9.90. The fourth-order valence-electron chi connectivity index (χ4n) is 3.45. The number of nitrogens with zero attached hydrogens (tertiary/aromatic N) is 1. The van der Waals surface area contributed by atoms with Crippen LogP contribution in [0.3, 0.4) is 0 Å². The van der Waals surface area contributed by atoms with Gasteiger partial charge in [0, 0.05) is 24.2 Å². The third-order valence-corrected chi connectivity index (χ3v) is 4.69. The van der Waals surface area contributed by atoms with Crippen LogP contribution < -0.4 is 4.74 Å². The number of hydrogen-bond donors (Lipinski definition) is 1. The van der Waals surface area contributed by atoms with Crippen LogP contribution in [0.4, 0.5) is 4.39 Å². The number of benzene rings is 2. The number of halogens is 1. The molecule has 1 saturated heterocycles. The molecular formula is C22H24FNO3. The van der Waals surface area contributed by atoms with Crippen molar-refractivity contribution in [1.82, 2.24) is 4.90 Å². The lowest BCUT2D eigenvalue weighted by atomic mass is 9.90. The molecular weight excluding hydrogens is 345 g/mol. The van der Waals surface area contributed by atoms with E-state index < -0.39 is 0 Å². The molecule has 27 heavy (non-hydrogen) atoms. The van der Waals surface area contributed by atoms with E-state index in [1.807, 2.05) is 18.7 Å². The van der Waals surface area contributed by atoms with Crippen LogP contribution in [-0.4, -0.2) is 35.6 Å². The van der Waals surface area contributed by atoms with Gasteiger partial charge in [-0.05, 0) is 48.7 Å². The van der Waals surface area contributed by atoms with Crippen molar-refractivity contribution < 1.29 is 19.0 Å². The second-order valence-corrected chi connectivity index (χ2v) is 6.33. The molecule has 2 heterocycles. The first kappa shape index (κ1) is 19.0. The Morgan fingerprint density at radius 1 is 1.07 bits per heavy atom. The zero-order valence-corrected chi connectivity index (χ0v) is 15.7. The molecule has 0 aromatic heterocycles. The molecule has 0 bridgehead atoms. The van der Waals surface area contributed by atoms with Gasteiger partial charge in [0.05, 0.1) is 5.57 Å². The van der Waals surface area contributed by atoms with Crippen molar-refractivity contribution in [2.75, 3.05) is 19.7 Å². The van der Waals surface area contributed by atoms with Crippen LogP contribution in [-0.2, 0) is 4.79 Å². The van der Waals surface area contributed by atoms with Crippen molar-refractivity contribution in [2.45, 2.75) is 26.7 Å². The molecule has 4 rings (SSSR count). The average molecular weight is 369 g/mol. The monoisotopic (exact) mass is 369 g/mol. The number of phenolic OH excluding ortho intramolecular Hbond substituents is 1. The molecule has 0 unspecified atom stereocenters. The van der Waals surface area contributed by atoms with Gasteiger partial charge in [-0.1, -0.05) is 26.0 Å². The van der Waals surface area contributed by atoms with Crippen LogP contribution in [0, 0.1) is 5.82 Å². The molecule has 142 valence electrons. The molecule has 2 aliphatic rings. The zero-order valence-electron chi connectivity index (χ0n) is 15.7. The maximum absolute atomic E-state index is 13.4. The van der Waals surface area contributed by atoms with Crippen LogP contribution in [0.1, 0.15) is 37.8 Å². The minimum Gasteiger partial charge on any atom is -0.508 e. The van der Waals surface area contributed by atoms with Gasteiger partial charge in [-0.3, -0.25) is 4.79 Å². The Labute approximate surface area is 158 Å². The van der Waals surface area contributed by atoms with E-state index in [-0.39, 0.29) is 24.1 Å². The summed E-state index contributed by atoms with van der Waals surface area (Å²) in [7, 11) is 0. The molecule has 1 amide bonds. The Kier molecular flexibility index (Phi) is 5.79. The molecule has 2 aliphatic heterocycles. The van der Waals surface area contributed by atoms with Gasteiger partial charge in [0.15, 0.2) is 0 Å². The van der Waals surface area contributed by atoms with Gasteiger partial charge in [-0.2, -0.15) is 0 Å². The van der Waals surface area contributed by atoms with Crippen LogP contribution in [0.15, 0.2) is 48.0 Å². The quantitative estimate of drug-likeness (QED) is 0.855. The lowest BCUT2D eigenvalue weighted by Crippen LogP contribution is -2.33. The molecule has 0 atom stereocenters. The number of phenols is 1. The Morgan fingerprint density at radius 3 is 2.41 bits per heavy atom. The molecule has 0 spiro atoms. The van der Waals surface area contributed by atoms with Gasteiger partial charge in [-0.15, -0.1) is 0 Å². The maximum atomic E-state index is 13.4. The van der Waals surface area contributed by atoms with E-state index in [2.05, 4.69) is 0 Å². The SMILES string of the molecule is CC.O=C(C1=C(c2ccc(F)cc2)c2cc(O)ccc2OC1)N1CCCC1. The topological polar surface area (TPSA) is 49.8 Å². The third-order valence-electron chi connectivity index (χ3n) is 4.69. The van der Waals surface area contributed by atoms with Crippen LogP contribution in [0.25, 0.3) is 5.57 Å². The largest absolute Gasteiger partial charge is 0.508 e. The lowest BCUT2D eigenvalue weighted by Gasteiger charge is -2.26.